The molecular weight excluding hydrogens is 444 g/mol. The minimum atomic E-state index is -0.875. The Morgan fingerprint density at radius 2 is 1.91 bits per heavy atom. The van der Waals surface area contributed by atoms with Gasteiger partial charge in [0.1, 0.15) is 5.60 Å². The average Bonchev–Trinajstić information content (AvgIpc) is 2.73. The van der Waals surface area contributed by atoms with Gasteiger partial charge in [0.15, 0.2) is 0 Å². The number of nitrogen functional groups attached to an aromatic ring is 1. The number of nitrogens with two attached hydrogens (primary N) is 1. The Bertz CT molecular complexity index is 1140. The maximum absolute atomic E-state index is 12.8. The van der Waals surface area contributed by atoms with Gasteiger partial charge in [0.25, 0.3) is 0 Å². The number of carbonyl (C=O) groups is 2. The highest BCUT2D eigenvalue weighted by molar-refractivity contribution is 6.05. The predicted octanol–water partition coefficient (Wildman–Crippen LogP) is 4.03. The van der Waals surface area contributed by atoms with Gasteiger partial charge in [0.05, 0.1) is 23.3 Å². The van der Waals surface area contributed by atoms with E-state index in [1.165, 1.54) is 4.90 Å². The Labute approximate surface area is 207 Å². The zero-order valence-electron chi connectivity index (χ0n) is 21.6. The summed E-state index contributed by atoms with van der Waals surface area (Å²) in [6.07, 6.45) is -0.505. The molecule has 1 heterocycles. The summed E-state index contributed by atoms with van der Waals surface area (Å²) in [6, 6.07) is 13.6. The molecule has 0 aromatic heterocycles. The van der Waals surface area contributed by atoms with Crippen molar-refractivity contribution in [3.63, 3.8) is 0 Å². The Hall–Kier alpha value is -3.59. The summed E-state index contributed by atoms with van der Waals surface area (Å²) in [4.78, 5) is 33.4. The summed E-state index contributed by atoms with van der Waals surface area (Å²) < 4.78 is 5.34. The molecule has 1 atom stereocenters. The summed E-state index contributed by atoms with van der Waals surface area (Å²) in [6.45, 7) is 7.93. The van der Waals surface area contributed by atoms with Crippen molar-refractivity contribution in [3.8, 4) is 0 Å². The fourth-order valence-corrected chi connectivity index (χ4v) is 3.87. The lowest BCUT2D eigenvalue weighted by atomic mass is 9.87. The van der Waals surface area contributed by atoms with Crippen LogP contribution in [0.15, 0.2) is 47.5 Å². The van der Waals surface area contributed by atoms with E-state index in [-0.39, 0.29) is 18.3 Å². The molecule has 2 amide bonds. The lowest BCUT2D eigenvalue weighted by molar-refractivity contribution is -0.128. The van der Waals surface area contributed by atoms with Gasteiger partial charge in [-0.3, -0.25) is 15.0 Å². The van der Waals surface area contributed by atoms with Crippen LogP contribution in [0.1, 0.15) is 45.2 Å². The monoisotopic (exact) mass is 480 g/mol. The molecule has 4 N–H and O–H groups in total. The Morgan fingerprint density at radius 3 is 2.57 bits per heavy atom. The number of amides is 2. The zero-order chi connectivity index (χ0) is 26.0. The summed E-state index contributed by atoms with van der Waals surface area (Å²) in [5.41, 5.74) is 8.97. The van der Waals surface area contributed by atoms with Crippen LogP contribution in [0.25, 0.3) is 0 Å². The molecule has 0 saturated carbocycles. The summed E-state index contributed by atoms with van der Waals surface area (Å²) in [5.74, 6) is -0.00979. The lowest BCUT2D eigenvalue weighted by Crippen LogP contribution is -2.52. The topological polar surface area (TPSA) is 112 Å². The third-order valence-electron chi connectivity index (χ3n) is 5.58. The van der Waals surface area contributed by atoms with Gasteiger partial charge in [0.2, 0.25) is 11.9 Å². The van der Waals surface area contributed by atoms with E-state index in [0.29, 0.717) is 5.69 Å². The molecule has 0 aliphatic carbocycles. The molecular formula is C26H36N6O3. The van der Waals surface area contributed by atoms with Crippen molar-refractivity contribution >= 4 is 35.0 Å². The summed E-state index contributed by atoms with van der Waals surface area (Å²) in [7, 11) is 5.60. The zero-order valence-corrected chi connectivity index (χ0v) is 21.6. The van der Waals surface area contributed by atoms with Gasteiger partial charge in [-0.25, -0.2) is 9.79 Å². The number of para-hydroxylation sites is 1. The number of hydrogen-bond donors (Lipinski definition) is 3. The molecule has 0 unspecified atom stereocenters. The quantitative estimate of drug-likeness (QED) is 0.557. The minimum Gasteiger partial charge on any atom is -0.444 e. The lowest BCUT2D eigenvalue weighted by Gasteiger charge is -2.35. The second-order valence-electron chi connectivity index (χ2n) is 10.3. The number of benzene rings is 2. The molecule has 2 aromatic carbocycles. The number of nitrogens with zero attached hydrogens (tertiary/aromatic N) is 3. The molecule has 0 saturated heterocycles. The maximum Gasteiger partial charge on any atom is 0.414 e. The number of anilines is 3. The van der Waals surface area contributed by atoms with E-state index in [2.05, 4.69) is 15.5 Å². The molecule has 35 heavy (non-hydrogen) atoms. The highest BCUT2D eigenvalue weighted by Crippen LogP contribution is 2.36. The van der Waals surface area contributed by atoms with Crippen molar-refractivity contribution in [1.29, 1.82) is 0 Å². The second kappa shape index (κ2) is 9.95. The Morgan fingerprint density at radius 1 is 1.23 bits per heavy atom. The van der Waals surface area contributed by atoms with Crippen LogP contribution in [0, 0.1) is 0 Å². The van der Waals surface area contributed by atoms with Crippen molar-refractivity contribution in [2.24, 2.45) is 4.99 Å². The first-order valence-corrected chi connectivity index (χ1v) is 11.5. The largest absolute Gasteiger partial charge is 0.444 e. The van der Waals surface area contributed by atoms with Gasteiger partial charge in [-0.1, -0.05) is 24.3 Å². The van der Waals surface area contributed by atoms with Crippen LogP contribution in [-0.4, -0.2) is 54.5 Å². The van der Waals surface area contributed by atoms with E-state index in [4.69, 9.17) is 15.5 Å². The van der Waals surface area contributed by atoms with Gasteiger partial charge in [-0.15, -0.1) is 0 Å². The number of nitrogens with one attached hydrogen (secondary N) is 2. The fourth-order valence-electron chi connectivity index (χ4n) is 3.87. The van der Waals surface area contributed by atoms with Gasteiger partial charge in [-0.05, 0) is 71.1 Å². The molecule has 0 fully saturated rings. The number of rotatable bonds is 5. The normalized spacial score (nSPS) is 18.3. The molecule has 0 radical (unpaired) electrons. The molecule has 0 bridgehead atoms. The van der Waals surface area contributed by atoms with Crippen LogP contribution >= 0.6 is 0 Å². The van der Waals surface area contributed by atoms with Crippen molar-refractivity contribution in [1.82, 2.24) is 15.1 Å². The van der Waals surface area contributed by atoms with Crippen LogP contribution in [-0.2, 0) is 21.6 Å². The smallest absolute Gasteiger partial charge is 0.414 e. The maximum atomic E-state index is 12.8. The molecule has 0 spiro atoms. The summed E-state index contributed by atoms with van der Waals surface area (Å²) in [5, 5.41) is 6.07. The van der Waals surface area contributed by atoms with Crippen LogP contribution < -0.4 is 16.4 Å². The van der Waals surface area contributed by atoms with E-state index < -0.39 is 17.2 Å². The first kappa shape index (κ1) is 26.0. The van der Waals surface area contributed by atoms with Crippen LogP contribution in [0.4, 0.5) is 21.9 Å². The number of guanidine groups is 1. The van der Waals surface area contributed by atoms with E-state index in [1.807, 2.05) is 63.5 Å². The van der Waals surface area contributed by atoms with E-state index in [1.54, 1.807) is 27.8 Å². The third kappa shape index (κ3) is 6.51. The van der Waals surface area contributed by atoms with Crippen molar-refractivity contribution < 1.29 is 14.3 Å². The molecule has 2 aromatic rings. The van der Waals surface area contributed by atoms with Gasteiger partial charge >= 0.3 is 6.09 Å². The molecule has 9 nitrogen and oxygen atoms in total. The molecule has 1 aliphatic rings. The molecule has 1 aliphatic heterocycles. The highest BCUT2D eigenvalue weighted by Gasteiger charge is 2.38. The van der Waals surface area contributed by atoms with Crippen LogP contribution in [0.3, 0.4) is 0 Å². The fraction of sp³-hybridized carbons (Fsp3) is 0.423. The second-order valence-corrected chi connectivity index (χ2v) is 10.3. The molecule has 9 heteroatoms. The molecule has 3 rings (SSSR count). The number of carbonyl (C=O) groups excluding carboxylic acids is 2. The Balaban J connectivity index is 1.92. The van der Waals surface area contributed by atoms with Crippen LogP contribution in [0.2, 0.25) is 0 Å². The van der Waals surface area contributed by atoms with E-state index >= 15 is 0 Å². The first-order valence-electron chi connectivity index (χ1n) is 11.5. The first-order chi connectivity index (χ1) is 16.3. The van der Waals surface area contributed by atoms with E-state index in [0.717, 1.165) is 29.0 Å². The Kier molecular flexibility index (Phi) is 7.40. The standard InChI is InChI=1S/C26H36N6O3/c1-25(2,3)35-24(34)29-23-30-26(4,15-21(33)32(23)7)18-11-9-12-19(14-18)28-22-17(16-31(5)6)10-8-13-20(22)27/h8-14,28H,15-16,27H2,1-7H3,(H,29,30,34)/t26-/m0/s1. The van der Waals surface area contributed by atoms with Gasteiger partial charge < -0.3 is 20.7 Å². The molecule has 188 valence electrons. The SMILES string of the molecule is CN(C)Cc1cccc(N)c1Nc1cccc([C@]2(C)CC(=O)N(C)C(NC(=O)OC(C)(C)C)=N2)c1. The van der Waals surface area contributed by atoms with Crippen molar-refractivity contribution in [2.45, 2.75) is 51.8 Å². The van der Waals surface area contributed by atoms with Crippen LogP contribution in [0.5, 0.6) is 0 Å². The van der Waals surface area contributed by atoms with E-state index in [9.17, 15) is 9.59 Å². The number of ether oxygens (including phenoxy) is 1. The highest BCUT2D eigenvalue weighted by atomic mass is 16.6. The predicted molar refractivity (Wildman–Crippen MR) is 140 cm³/mol. The van der Waals surface area contributed by atoms with Crippen molar-refractivity contribution in [3.05, 3.63) is 53.6 Å². The number of hydrogen-bond acceptors (Lipinski definition) is 7. The number of aliphatic imine (C=N–C) groups is 1. The number of alkyl carbamates (subject to hydrolysis) is 1. The summed E-state index contributed by atoms with van der Waals surface area (Å²) >= 11 is 0. The third-order valence-corrected chi connectivity index (χ3v) is 5.58. The van der Waals surface area contributed by atoms with Gasteiger partial charge in [0, 0.05) is 19.3 Å². The minimum absolute atomic E-state index is 0.150. The average molecular weight is 481 g/mol. The van der Waals surface area contributed by atoms with Gasteiger partial charge in [-0.2, -0.15) is 0 Å². The van der Waals surface area contributed by atoms with Crippen molar-refractivity contribution in [2.75, 3.05) is 32.2 Å².